The molecule has 2 rings (SSSR count). The van der Waals surface area contributed by atoms with E-state index < -0.39 is 0 Å². The van der Waals surface area contributed by atoms with Crippen molar-refractivity contribution in [1.82, 2.24) is 14.4 Å². The lowest BCUT2D eigenvalue weighted by molar-refractivity contribution is 0.701. The first-order valence-electron chi connectivity index (χ1n) is 4.59. The molecule has 13 heavy (non-hydrogen) atoms. The van der Waals surface area contributed by atoms with Crippen LogP contribution in [0.2, 0.25) is 0 Å². The van der Waals surface area contributed by atoms with Gasteiger partial charge in [0.1, 0.15) is 0 Å². The fraction of sp³-hybridized carbons (Fsp3) is 0.400. The topological polar surface area (TPSA) is 30.2 Å². The van der Waals surface area contributed by atoms with E-state index in [1.54, 1.807) is 0 Å². The zero-order valence-electron chi connectivity index (χ0n) is 7.94. The van der Waals surface area contributed by atoms with Crippen LogP contribution in [0.15, 0.2) is 24.9 Å². The van der Waals surface area contributed by atoms with Crippen molar-refractivity contribution in [3.8, 4) is 0 Å². The van der Waals surface area contributed by atoms with Crippen molar-refractivity contribution in [2.24, 2.45) is 0 Å². The molecule has 3 heteroatoms. The number of nitrogens with zero attached hydrogens (tertiary/aromatic N) is 3. The molecular weight excluding hydrogens is 162 g/mol. The highest BCUT2D eigenvalue weighted by Crippen LogP contribution is 2.15. The number of rotatable bonds is 2. The average molecular weight is 175 g/mol. The molecule has 0 spiro atoms. The molecule has 0 aromatic carbocycles. The maximum Gasteiger partial charge on any atom is 0.0993 e. The second-order valence-electron chi connectivity index (χ2n) is 3.35. The second-order valence-corrected chi connectivity index (χ2v) is 3.35. The Labute approximate surface area is 77.4 Å². The molecule has 1 atom stereocenters. The van der Waals surface area contributed by atoms with E-state index in [1.807, 2.05) is 23.1 Å². The molecule has 2 heterocycles. The molecule has 68 valence electrons. The Kier molecular flexibility index (Phi) is 2.00. The van der Waals surface area contributed by atoms with Crippen LogP contribution >= 0.6 is 0 Å². The summed E-state index contributed by atoms with van der Waals surface area (Å²) in [6, 6.07) is 0. The van der Waals surface area contributed by atoms with Crippen molar-refractivity contribution in [3.05, 3.63) is 30.6 Å². The van der Waals surface area contributed by atoms with Gasteiger partial charge >= 0.3 is 0 Å². The Hall–Kier alpha value is -1.38. The molecule has 2 aromatic heterocycles. The van der Waals surface area contributed by atoms with Crippen molar-refractivity contribution in [2.75, 3.05) is 0 Å². The van der Waals surface area contributed by atoms with Crippen molar-refractivity contribution in [1.29, 1.82) is 0 Å². The maximum atomic E-state index is 4.39. The van der Waals surface area contributed by atoms with Crippen molar-refractivity contribution in [2.45, 2.75) is 26.2 Å². The van der Waals surface area contributed by atoms with E-state index in [1.165, 1.54) is 0 Å². The number of fused-ring (bicyclic) bond motifs is 1. The first-order chi connectivity index (χ1) is 6.31. The van der Waals surface area contributed by atoms with Gasteiger partial charge in [0, 0.05) is 6.20 Å². The summed E-state index contributed by atoms with van der Waals surface area (Å²) in [5.74, 6) is 0.520. The Morgan fingerprint density at radius 2 is 2.31 bits per heavy atom. The number of hydrogen-bond donors (Lipinski definition) is 0. The van der Waals surface area contributed by atoms with Crippen LogP contribution in [-0.2, 0) is 0 Å². The predicted molar refractivity (Wildman–Crippen MR) is 51.7 cm³/mol. The summed E-state index contributed by atoms with van der Waals surface area (Å²) < 4.78 is 2.01. The van der Waals surface area contributed by atoms with E-state index in [9.17, 15) is 0 Å². The first-order valence-corrected chi connectivity index (χ1v) is 4.59. The zero-order chi connectivity index (χ0) is 9.26. The molecule has 0 aliphatic heterocycles. The van der Waals surface area contributed by atoms with Crippen molar-refractivity contribution in [3.63, 3.8) is 0 Å². The zero-order valence-corrected chi connectivity index (χ0v) is 7.94. The minimum Gasteiger partial charge on any atom is -0.303 e. The molecule has 0 aliphatic carbocycles. The largest absolute Gasteiger partial charge is 0.303 e. The van der Waals surface area contributed by atoms with Crippen LogP contribution in [0.25, 0.3) is 5.52 Å². The fourth-order valence-electron chi connectivity index (χ4n) is 1.30. The van der Waals surface area contributed by atoms with Crippen LogP contribution in [0.1, 0.15) is 31.9 Å². The molecule has 0 saturated carbocycles. The van der Waals surface area contributed by atoms with E-state index in [4.69, 9.17) is 0 Å². The van der Waals surface area contributed by atoms with Gasteiger partial charge in [-0.15, -0.1) is 0 Å². The van der Waals surface area contributed by atoms with Crippen LogP contribution in [0, 0.1) is 0 Å². The van der Waals surface area contributed by atoms with Crippen LogP contribution in [0.5, 0.6) is 0 Å². The maximum absolute atomic E-state index is 4.39. The van der Waals surface area contributed by atoms with E-state index >= 15 is 0 Å². The third kappa shape index (κ3) is 1.41. The minimum absolute atomic E-state index is 0.520. The molecule has 1 unspecified atom stereocenters. The van der Waals surface area contributed by atoms with Crippen LogP contribution in [-0.4, -0.2) is 14.4 Å². The fourth-order valence-corrected chi connectivity index (χ4v) is 1.30. The molecular formula is C10H13N3. The third-order valence-electron chi connectivity index (χ3n) is 2.43. The van der Waals surface area contributed by atoms with Gasteiger partial charge in [-0.1, -0.05) is 13.8 Å². The normalized spacial score (nSPS) is 13.4. The molecule has 0 aliphatic rings. The summed E-state index contributed by atoms with van der Waals surface area (Å²) in [6.45, 7) is 4.36. The number of aromatic nitrogens is 3. The Bertz CT molecular complexity index is 405. The first kappa shape index (κ1) is 8.23. The van der Waals surface area contributed by atoms with Gasteiger partial charge in [-0.2, -0.15) is 0 Å². The highest BCUT2D eigenvalue weighted by atomic mass is 15.0. The van der Waals surface area contributed by atoms with Crippen LogP contribution in [0.4, 0.5) is 0 Å². The van der Waals surface area contributed by atoms with Gasteiger partial charge in [-0.25, -0.2) is 4.98 Å². The smallest absolute Gasteiger partial charge is 0.0993 e. The van der Waals surface area contributed by atoms with E-state index in [0.29, 0.717) is 5.92 Å². The average Bonchev–Trinajstić information content (AvgIpc) is 2.63. The van der Waals surface area contributed by atoms with E-state index in [0.717, 1.165) is 17.6 Å². The molecule has 0 fully saturated rings. The molecule has 0 saturated heterocycles. The third-order valence-corrected chi connectivity index (χ3v) is 2.43. The molecule has 0 N–H and O–H groups in total. The summed E-state index contributed by atoms with van der Waals surface area (Å²) in [6.07, 6.45) is 8.66. The van der Waals surface area contributed by atoms with Gasteiger partial charge < -0.3 is 4.40 Å². The lowest BCUT2D eigenvalue weighted by Gasteiger charge is -2.07. The van der Waals surface area contributed by atoms with Crippen LogP contribution in [0.3, 0.4) is 0 Å². The highest BCUT2D eigenvalue weighted by Gasteiger charge is 2.04. The summed E-state index contributed by atoms with van der Waals surface area (Å²) in [5, 5.41) is 0. The monoisotopic (exact) mass is 175 g/mol. The van der Waals surface area contributed by atoms with E-state index in [-0.39, 0.29) is 0 Å². The van der Waals surface area contributed by atoms with Gasteiger partial charge in [0.05, 0.1) is 29.9 Å². The van der Waals surface area contributed by atoms with Gasteiger partial charge in [0.15, 0.2) is 0 Å². The summed E-state index contributed by atoms with van der Waals surface area (Å²) in [5.41, 5.74) is 2.18. The lowest BCUT2D eigenvalue weighted by Crippen LogP contribution is -1.97. The predicted octanol–water partition coefficient (Wildman–Crippen LogP) is 2.24. The Morgan fingerprint density at radius 3 is 3.08 bits per heavy atom. The Morgan fingerprint density at radius 1 is 1.46 bits per heavy atom. The molecule has 2 aromatic rings. The number of imidazole rings is 1. The summed E-state index contributed by atoms with van der Waals surface area (Å²) >= 11 is 0. The van der Waals surface area contributed by atoms with Gasteiger partial charge in [0.25, 0.3) is 0 Å². The lowest BCUT2D eigenvalue weighted by atomic mass is 10.1. The molecule has 0 bridgehead atoms. The summed E-state index contributed by atoms with van der Waals surface area (Å²) in [4.78, 5) is 8.44. The van der Waals surface area contributed by atoms with Gasteiger partial charge in [-0.3, -0.25) is 4.98 Å². The van der Waals surface area contributed by atoms with Gasteiger partial charge in [0.2, 0.25) is 0 Å². The second kappa shape index (κ2) is 3.17. The standard InChI is InChI=1S/C10H13N3/c1-3-8(2)10-6-13-7-11-4-9(13)5-12-10/h4-8H,3H2,1-2H3. The summed E-state index contributed by atoms with van der Waals surface area (Å²) in [7, 11) is 0. The van der Waals surface area contributed by atoms with Crippen LogP contribution < -0.4 is 0 Å². The van der Waals surface area contributed by atoms with E-state index in [2.05, 4.69) is 30.0 Å². The van der Waals surface area contributed by atoms with Crippen molar-refractivity contribution < 1.29 is 0 Å². The quantitative estimate of drug-likeness (QED) is 0.700. The minimum atomic E-state index is 0.520. The number of hydrogen-bond acceptors (Lipinski definition) is 2. The molecule has 3 nitrogen and oxygen atoms in total. The Balaban J connectivity index is 2.48. The molecule has 0 amide bonds. The SMILES string of the molecule is CCC(C)c1cn2cncc2cn1. The van der Waals surface area contributed by atoms with Gasteiger partial charge in [-0.05, 0) is 12.3 Å². The van der Waals surface area contributed by atoms with Crippen molar-refractivity contribution >= 4 is 5.52 Å². The molecule has 0 radical (unpaired) electrons. The highest BCUT2D eigenvalue weighted by molar-refractivity contribution is 5.41.